The fourth-order valence-electron chi connectivity index (χ4n) is 0.889. The zero-order chi connectivity index (χ0) is 11.1. The predicted octanol–water partition coefficient (Wildman–Crippen LogP) is -1.93. The van der Waals surface area contributed by atoms with Crippen molar-refractivity contribution in [2.24, 2.45) is 0 Å². The second-order valence-electron chi connectivity index (χ2n) is 2.90. The molecule has 0 heterocycles. The van der Waals surface area contributed by atoms with E-state index in [0.717, 1.165) is 0 Å². The van der Waals surface area contributed by atoms with Gasteiger partial charge in [0.2, 0.25) is 0 Å². The molecule has 0 saturated heterocycles. The van der Waals surface area contributed by atoms with E-state index >= 15 is 0 Å². The van der Waals surface area contributed by atoms with Crippen molar-refractivity contribution in [2.45, 2.75) is 31.5 Å². The van der Waals surface area contributed by atoms with Crippen LogP contribution >= 0.6 is 0 Å². The molecular weight excluding hydrogens is 192 g/mol. The summed E-state index contributed by atoms with van der Waals surface area (Å²) in [7, 11) is 1.41. The molecule has 0 aromatic rings. The van der Waals surface area contributed by atoms with Crippen LogP contribution in [0.2, 0.25) is 0 Å². The van der Waals surface area contributed by atoms with Gasteiger partial charge in [0, 0.05) is 7.11 Å². The molecule has 0 bridgehead atoms. The molecule has 0 aromatic carbocycles. The van der Waals surface area contributed by atoms with Crippen LogP contribution in [0.25, 0.3) is 0 Å². The van der Waals surface area contributed by atoms with Gasteiger partial charge in [-0.2, -0.15) is 0 Å². The molecule has 6 heteroatoms. The minimum atomic E-state index is -1.34. The number of hydrogen-bond donors (Lipinski definition) is 4. The Balaban J connectivity index is 4.11. The Bertz CT molecular complexity index is 142. The number of hydrogen-bond acceptors (Lipinski definition) is 6. The van der Waals surface area contributed by atoms with Crippen molar-refractivity contribution in [2.75, 3.05) is 20.3 Å². The summed E-state index contributed by atoms with van der Waals surface area (Å²) < 4.78 is 9.80. The highest BCUT2D eigenvalue weighted by Crippen LogP contribution is 2.07. The van der Waals surface area contributed by atoms with E-state index in [4.69, 9.17) is 24.8 Å². The van der Waals surface area contributed by atoms with Gasteiger partial charge in [-0.25, -0.2) is 0 Å². The molecule has 0 aliphatic rings. The first-order valence-corrected chi connectivity index (χ1v) is 4.32. The van der Waals surface area contributed by atoms with Gasteiger partial charge in [-0.15, -0.1) is 0 Å². The number of aliphatic hydroxyl groups is 4. The molecule has 0 fully saturated rings. The van der Waals surface area contributed by atoms with E-state index in [1.807, 2.05) is 0 Å². The van der Waals surface area contributed by atoms with Gasteiger partial charge < -0.3 is 29.9 Å². The molecule has 4 unspecified atom stereocenters. The fraction of sp³-hybridized carbons (Fsp3) is 1.00. The van der Waals surface area contributed by atoms with Crippen molar-refractivity contribution < 1.29 is 29.9 Å². The Hall–Kier alpha value is -0.240. The van der Waals surface area contributed by atoms with E-state index in [9.17, 15) is 5.11 Å². The van der Waals surface area contributed by atoms with Crippen molar-refractivity contribution in [1.29, 1.82) is 0 Å². The topological polar surface area (TPSA) is 99.4 Å². The van der Waals surface area contributed by atoms with Crippen LogP contribution in [-0.4, -0.2) is 65.4 Å². The van der Waals surface area contributed by atoms with Crippen LogP contribution in [0, 0.1) is 0 Å². The van der Waals surface area contributed by atoms with Crippen molar-refractivity contribution in [3.05, 3.63) is 0 Å². The van der Waals surface area contributed by atoms with E-state index in [1.54, 1.807) is 6.92 Å². The Labute approximate surface area is 82.7 Å². The molecule has 0 amide bonds. The second-order valence-corrected chi connectivity index (χ2v) is 2.90. The lowest BCUT2D eigenvalue weighted by atomic mass is 10.1. The molecule has 6 nitrogen and oxygen atoms in total. The highest BCUT2D eigenvalue weighted by atomic mass is 16.7. The van der Waals surface area contributed by atoms with E-state index in [2.05, 4.69) is 0 Å². The Morgan fingerprint density at radius 3 is 2.07 bits per heavy atom. The quantitative estimate of drug-likeness (QED) is 0.365. The highest BCUT2D eigenvalue weighted by molar-refractivity contribution is 4.75. The van der Waals surface area contributed by atoms with Gasteiger partial charge in [-0.1, -0.05) is 0 Å². The van der Waals surface area contributed by atoms with Crippen molar-refractivity contribution in [1.82, 2.24) is 0 Å². The molecule has 0 aliphatic heterocycles. The van der Waals surface area contributed by atoms with E-state index in [0.29, 0.717) is 0 Å². The summed E-state index contributed by atoms with van der Waals surface area (Å²) in [5.41, 5.74) is 0. The molecule has 0 radical (unpaired) electrons. The lowest BCUT2D eigenvalue weighted by molar-refractivity contribution is -0.197. The summed E-state index contributed by atoms with van der Waals surface area (Å²) in [5.74, 6) is 0. The van der Waals surface area contributed by atoms with Gasteiger partial charge >= 0.3 is 0 Å². The molecule has 0 spiro atoms. The molecule has 4 N–H and O–H groups in total. The van der Waals surface area contributed by atoms with Crippen LogP contribution < -0.4 is 0 Å². The van der Waals surface area contributed by atoms with Gasteiger partial charge in [0.05, 0.1) is 13.2 Å². The van der Waals surface area contributed by atoms with Crippen LogP contribution in [0.1, 0.15) is 6.92 Å². The van der Waals surface area contributed by atoms with Crippen LogP contribution in [0.3, 0.4) is 0 Å². The molecular formula is C8H18O6. The number of ether oxygens (including phenoxy) is 2. The maximum Gasteiger partial charge on any atom is 0.155 e. The lowest BCUT2D eigenvalue weighted by Crippen LogP contribution is -2.44. The van der Waals surface area contributed by atoms with E-state index < -0.39 is 37.8 Å². The third kappa shape index (κ3) is 4.32. The third-order valence-electron chi connectivity index (χ3n) is 1.84. The summed E-state index contributed by atoms with van der Waals surface area (Å²) in [6.45, 7) is 0.523. The van der Waals surface area contributed by atoms with Gasteiger partial charge in [0.1, 0.15) is 18.3 Å². The van der Waals surface area contributed by atoms with Crippen LogP contribution in [0.4, 0.5) is 0 Å². The Morgan fingerprint density at radius 2 is 1.71 bits per heavy atom. The predicted molar refractivity (Wildman–Crippen MR) is 47.5 cm³/mol. The maximum absolute atomic E-state index is 9.37. The van der Waals surface area contributed by atoms with Crippen LogP contribution in [0.5, 0.6) is 0 Å². The Kier molecular flexibility index (Phi) is 6.98. The average molecular weight is 210 g/mol. The average Bonchev–Trinajstić information content (AvgIpc) is 2.23. The van der Waals surface area contributed by atoms with Crippen LogP contribution in [0.15, 0.2) is 0 Å². The maximum atomic E-state index is 9.37. The van der Waals surface area contributed by atoms with Gasteiger partial charge in [-0.05, 0) is 6.92 Å². The van der Waals surface area contributed by atoms with Crippen molar-refractivity contribution in [3.63, 3.8) is 0 Å². The molecule has 86 valence electrons. The Morgan fingerprint density at radius 1 is 1.14 bits per heavy atom. The largest absolute Gasteiger partial charge is 0.394 e. The molecule has 0 saturated carbocycles. The summed E-state index contributed by atoms with van der Waals surface area (Å²) in [4.78, 5) is 0. The molecule has 0 rings (SSSR count). The molecule has 14 heavy (non-hydrogen) atoms. The standard InChI is InChI=1S/C8H18O6/c1-5(13-2)14-7(4-10)8(12)6(11)3-9/h5-12H,3-4H2,1-2H3. The summed E-state index contributed by atoms with van der Waals surface area (Å²) in [6.07, 6.45) is -4.27. The summed E-state index contributed by atoms with van der Waals surface area (Å²) in [6, 6.07) is 0. The first kappa shape index (κ1) is 13.8. The first-order chi connectivity index (χ1) is 6.56. The first-order valence-electron chi connectivity index (χ1n) is 4.32. The smallest absolute Gasteiger partial charge is 0.155 e. The minimum absolute atomic E-state index is 0.466. The van der Waals surface area contributed by atoms with E-state index in [1.165, 1.54) is 7.11 Å². The van der Waals surface area contributed by atoms with Crippen LogP contribution in [-0.2, 0) is 9.47 Å². The fourth-order valence-corrected chi connectivity index (χ4v) is 0.889. The minimum Gasteiger partial charge on any atom is -0.394 e. The zero-order valence-corrected chi connectivity index (χ0v) is 8.33. The van der Waals surface area contributed by atoms with Gasteiger partial charge in [-0.3, -0.25) is 0 Å². The zero-order valence-electron chi connectivity index (χ0n) is 8.33. The second kappa shape index (κ2) is 7.10. The number of methoxy groups -OCH3 is 1. The van der Waals surface area contributed by atoms with Crippen molar-refractivity contribution in [3.8, 4) is 0 Å². The highest BCUT2D eigenvalue weighted by Gasteiger charge is 2.27. The lowest BCUT2D eigenvalue weighted by Gasteiger charge is -2.26. The van der Waals surface area contributed by atoms with E-state index in [-0.39, 0.29) is 0 Å². The number of aliphatic hydroxyl groups excluding tert-OH is 4. The summed E-state index contributed by atoms with van der Waals surface area (Å²) in [5, 5.41) is 35.9. The molecule has 4 atom stereocenters. The molecule has 0 aromatic heterocycles. The normalized spacial score (nSPS) is 20.1. The van der Waals surface area contributed by atoms with Gasteiger partial charge in [0.15, 0.2) is 6.29 Å². The van der Waals surface area contributed by atoms with Gasteiger partial charge in [0.25, 0.3) is 0 Å². The third-order valence-corrected chi connectivity index (χ3v) is 1.84. The van der Waals surface area contributed by atoms with Crippen molar-refractivity contribution >= 4 is 0 Å². The number of rotatable bonds is 7. The summed E-state index contributed by atoms with van der Waals surface area (Å²) >= 11 is 0. The SMILES string of the molecule is COC(C)OC(CO)C(O)C(O)CO. The molecule has 0 aliphatic carbocycles. The monoisotopic (exact) mass is 210 g/mol.